The molecular formula is C16H23BrN2O. The molecule has 0 saturated carbocycles. The number of nitrogens with two attached hydrogens (primary N) is 1. The third-order valence-corrected chi connectivity index (χ3v) is 3.93. The van der Waals surface area contributed by atoms with Gasteiger partial charge in [-0.15, -0.1) is 0 Å². The number of rotatable bonds is 7. The van der Waals surface area contributed by atoms with Gasteiger partial charge in [-0.25, -0.2) is 0 Å². The summed E-state index contributed by atoms with van der Waals surface area (Å²) in [5.41, 5.74) is 6.82. The van der Waals surface area contributed by atoms with E-state index in [2.05, 4.69) is 35.0 Å². The van der Waals surface area contributed by atoms with Crippen LogP contribution in [0.25, 0.3) is 0 Å². The first-order chi connectivity index (χ1) is 9.38. The van der Waals surface area contributed by atoms with E-state index >= 15 is 0 Å². The summed E-state index contributed by atoms with van der Waals surface area (Å²) < 4.78 is 6.67. The van der Waals surface area contributed by atoms with Crippen molar-refractivity contribution >= 4 is 15.9 Å². The standard InChI is InChI=1S/C16H23BrN2O/c1-4-13(19)9-12-5-6-15(14(17)10-12)20-8-7-16(2,3)11-18/h5-6,10,13H,4,7-9,19H2,1-3H3. The minimum absolute atomic E-state index is 0.199. The smallest absolute Gasteiger partial charge is 0.133 e. The van der Waals surface area contributed by atoms with Crippen LogP contribution in [0.3, 0.4) is 0 Å². The summed E-state index contributed by atoms with van der Waals surface area (Å²) in [4.78, 5) is 0. The van der Waals surface area contributed by atoms with Gasteiger partial charge in [-0.05, 0) is 66.7 Å². The monoisotopic (exact) mass is 338 g/mol. The molecule has 0 heterocycles. The van der Waals surface area contributed by atoms with E-state index in [1.807, 2.05) is 26.0 Å². The zero-order valence-corrected chi connectivity index (χ0v) is 14.0. The predicted molar refractivity (Wildman–Crippen MR) is 85.6 cm³/mol. The van der Waals surface area contributed by atoms with Gasteiger partial charge in [-0.3, -0.25) is 0 Å². The molecule has 20 heavy (non-hydrogen) atoms. The number of halogens is 1. The summed E-state index contributed by atoms with van der Waals surface area (Å²) in [7, 11) is 0. The molecule has 0 fully saturated rings. The quantitative estimate of drug-likeness (QED) is 0.815. The van der Waals surface area contributed by atoms with E-state index < -0.39 is 0 Å². The maximum atomic E-state index is 8.96. The minimum Gasteiger partial charge on any atom is -0.492 e. The molecule has 1 rings (SSSR count). The number of hydrogen-bond donors (Lipinski definition) is 1. The first-order valence-electron chi connectivity index (χ1n) is 6.96. The molecule has 110 valence electrons. The SMILES string of the molecule is CCC(N)Cc1ccc(OCCC(C)(C)C#N)c(Br)c1. The van der Waals surface area contributed by atoms with Crippen molar-refractivity contribution in [2.45, 2.75) is 46.1 Å². The van der Waals surface area contributed by atoms with E-state index in [4.69, 9.17) is 15.7 Å². The number of nitriles is 1. The van der Waals surface area contributed by atoms with Crippen LogP contribution in [0.4, 0.5) is 0 Å². The van der Waals surface area contributed by atoms with Gasteiger partial charge in [0.2, 0.25) is 0 Å². The lowest BCUT2D eigenvalue weighted by Crippen LogP contribution is -2.21. The Bertz CT molecular complexity index is 480. The number of nitrogens with zero attached hydrogens (tertiary/aromatic N) is 1. The molecular weight excluding hydrogens is 316 g/mol. The van der Waals surface area contributed by atoms with E-state index in [1.165, 1.54) is 5.56 Å². The first kappa shape index (κ1) is 17.0. The Morgan fingerprint density at radius 3 is 2.70 bits per heavy atom. The average Bonchev–Trinajstić information content (AvgIpc) is 2.41. The van der Waals surface area contributed by atoms with Crippen molar-refractivity contribution < 1.29 is 4.74 Å². The van der Waals surface area contributed by atoms with E-state index in [-0.39, 0.29) is 11.5 Å². The fourth-order valence-corrected chi connectivity index (χ4v) is 2.25. The first-order valence-corrected chi connectivity index (χ1v) is 7.75. The molecule has 0 aliphatic carbocycles. The Labute approximate surface area is 130 Å². The van der Waals surface area contributed by atoms with E-state index in [9.17, 15) is 0 Å². The topological polar surface area (TPSA) is 59.0 Å². The third kappa shape index (κ3) is 5.52. The van der Waals surface area contributed by atoms with Crippen LogP contribution < -0.4 is 10.5 Å². The Morgan fingerprint density at radius 2 is 2.15 bits per heavy atom. The average molecular weight is 339 g/mol. The second kappa shape index (κ2) is 7.66. The van der Waals surface area contributed by atoms with E-state index in [0.717, 1.165) is 23.1 Å². The molecule has 1 atom stereocenters. The van der Waals surface area contributed by atoms with Gasteiger partial charge in [0.05, 0.1) is 22.6 Å². The lowest BCUT2D eigenvalue weighted by molar-refractivity contribution is 0.263. The summed E-state index contributed by atoms with van der Waals surface area (Å²) in [5.74, 6) is 0.813. The lowest BCUT2D eigenvalue weighted by atomic mass is 9.92. The molecule has 0 amide bonds. The van der Waals surface area contributed by atoms with E-state index in [0.29, 0.717) is 13.0 Å². The van der Waals surface area contributed by atoms with Crippen LogP contribution in [-0.4, -0.2) is 12.6 Å². The summed E-state index contributed by atoms with van der Waals surface area (Å²) >= 11 is 3.53. The fraction of sp³-hybridized carbons (Fsp3) is 0.562. The van der Waals surface area contributed by atoms with Crippen molar-refractivity contribution in [3.8, 4) is 11.8 Å². The number of benzene rings is 1. The predicted octanol–water partition coefficient (Wildman–Crippen LogP) is 4.05. The van der Waals surface area contributed by atoms with Gasteiger partial charge in [0.15, 0.2) is 0 Å². The van der Waals surface area contributed by atoms with Crippen LogP contribution in [-0.2, 0) is 6.42 Å². The second-order valence-corrected chi connectivity index (χ2v) is 6.59. The number of ether oxygens (including phenoxy) is 1. The Balaban J connectivity index is 2.58. The Hall–Kier alpha value is -1.05. The Kier molecular flexibility index (Phi) is 6.51. The van der Waals surface area contributed by atoms with Crippen LogP contribution in [0.2, 0.25) is 0 Å². The zero-order valence-electron chi connectivity index (χ0n) is 12.4. The van der Waals surface area contributed by atoms with Gasteiger partial charge < -0.3 is 10.5 Å². The molecule has 3 nitrogen and oxygen atoms in total. The molecule has 1 aromatic carbocycles. The molecule has 0 aliphatic heterocycles. The molecule has 1 aromatic rings. The van der Waals surface area contributed by atoms with Gasteiger partial charge in [0.25, 0.3) is 0 Å². The molecule has 0 aliphatic rings. The van der Waals surface area contributed by atoms with Crippen LogP contribution in [0.5, 0.6) is 5.75 Å². The van der Waals surface area contributed by atoms with Crippen LogP contribution in [0.1, 0.15) is 39.2 Å². The molecule has 1 unspecified atom stereocenters. The summed E-state index contributed by atoms with van der Waals surface area (Å²) in [6, 6.07) is 8.53. The van der Waals surface area contributed by atoms with Crippen molar-refractivity contribution in [2.24, 2.45) is 11.1 Å². The normalized spacial score (nSPS) is 12.8. The highest BCUT2D eigenvalue weighted by atomic mass is 79.9. The minimum atomic E-state index is -0.347. The van der Waals surface area contributed by atoms with Crippen molar-refractivity contribution in [2.75, 3.05) is 6.61 Å². The summed E-state index contributed by atoms with van der Waals surface area (Å²) in [6.07, 6.45) is 2.55. The van der Waals surface area contributed by atoms with E-state index in [1.54, 1.807) is 0 Å². The third-order valence-electron chi connectivity index (χ3n) is 3.31. The zero-order chi connectivity index (χ0) is 15.2. The maximum absolute atomic E-state index is 8.96. The molecule has 0 spiro atoms. The van der Waals surface area contributed by atoms with Crippen LogP contribution >= 0.6 is 15.9 Å². The van der Waals surface area contributed by atoms with Crippen molar-refractivity contribution in [3.63, 3.8) is 0 Å². The molecule has 0 radical (unpaired) electrons. The number of hydrogen-bond acceptors (Lipinski definition) is 3. The highest BCUT2D eigenvalue weighted by Gasteiger charge is 2.16. The van der Waals surface area contributed by atoms with Crippen molar-refractivity contribution in [1.82, 2.24) is 0 Å². The Morgan fingerprint density at radius 1 is 1.45 bits per heavy atom. The van der Waals surface area contributed by atoms with Gasteiger partial charge >= 0.3 is 0 Å². The van der Waals surface area contributed by atoms with Gasteiger partial charge in [0.1, 0.15) is 5.75 Å². The lowest BCUT2D eigenvalue weighted by Gasteiger charge is -2.16. The molecule has 0 bridgehead atoms. The molecule has 2 N–H and O–H groups in total. The van der Waals surface area contributed by atoms with Gasteiger partial charge in [0, 0.05) is 6.04 Å². The summed E-state index contributed by atoms with van der Waals surface area (Å²) in [6.45, 7) is 6.46. The van der Waals surface area contributed by atoms with Crippen molar-refractivity contribution in [3.05, 3.63) is 28.2 Å². The molecule has 0 saturated heterocycles. The summed E-state index contributed by atoms with van der Waals surface area (Å²) in [5, 5.41) is 8.96. The van der Waals surface area contributed by atoms with Crippen molar-refractivity contribution in [1.29, 1.82) is 5.26 Å². The fourth-order valence-electron chi connectivity index (χ4n) is 1.71. The molecule has 4 heteroatoms. The van der Waals surface area contributed by atoms with Gasteiger partial charge in [-0.2, -0.15) is 5.26 Å². The highest BCUT2D eigenvalue weighted by molar-refractivity contribution is 9.10. The van der Waals surface area contributed by atoms with Crippen LogP contribution in [0.15, 0.2) is 22.7 Å². The molecule has 0 aromatic heterocycles. The van der Waals surface area contributed by atoms with Gasteiger partial charge in [-0.1, -0.05) is 13.0 Å². The second-order valence-electron chi connectivity index (χ2n) is 5.73. The maximum Gasteiger partial charge on any atom is 0.133 e. The highest BCUT2D eigenvalue weighted by Crippen LogP contribution is 2.28. The van der Waals surface area contributed by atoms with Crippen LogP contribution in [0, 0.1) is 16.7 Å². The largest absolute Gasteiger partial charge is 0.492 e.